The second-order valence-electron chi connectivity index (χ2n) is 5.86. The fourth-order valence-electron chi connectivity index (χ4n) is 2.47. The summed E-state index contributed by atoms with van der Waals surface area (Å²) < 4.78 is 6.07. The first-order chi connectivity index (χ1) is 7.15. The summed E-state index contributed by atoms with van der Waals surface area (Å²) in [6, 6.07) is 0. The Bertz CT molecular complexity index is 213. The first-order valence-corrected chi connectivity index (χ1v) is 7.01. The second-order valence-corrected chi connectivity index (χ2v) is 6.17. The van der Waals surface area contributed by atoms with E-state index in [1.807, 2.05) is 0 Å². The summed E-state index contributed by atoms with van der Waals surface area (Å²) in [6.45, 7) is 5.70. The molecule has 2 rings (SSSR count). The summed E-state index contributed by atoms with van der Waals surface area (Å²) in [6.07, 6.45) is 7.08. The van der Waals surface area contributed by atoms with Crippen LogP contribution < -0.4 is 0 Å². The third kappa shape index (κ3) is 2.91. The molecule has 2 heteroatoms. The molecule has 1 nitrogen and oxygen atoms in total. The number of rotatable bonds is 4. The fourth-order valence-corrected chi connectivity index (χ4v) is 2.88. The van der Waals surface area contributed by atoms with Gasteiger partial charge in [-0.1, -0.05) is 13.8 Å². The lowest BCUT2D eigenvalue weighted by atomic mass is 9.80. The lowest BCUT2D eigenvalue weighted by molar-refractivity contribution is -0.0153. The van der Waals surface area contributed by atoms with Crippen molar-refractivity contribution in [2.45, 2.75) is 52.1 Å². The summed E-state index contributed by atoms with van der Waals surface area (Å²) in [7, 11) is 0. The van der Waals surface area contributed by atoms with Crippen LogP contribution >= 0.6 is 12.6 Å². The maximum absolute atomic E-state index is 6.07. The Morgan fingerprint density at radius 1 is 1.20 bits per heavy atom. The summed E-state index contributed by atoms with van der Waals surface area (Å²) in [5.74, 6) is 2.74. The van der Waals surface area contributed by atoms with Gasteiger partial charge in [-0.2, -0.15) is 12.6 Å². The maximum atomic E-state index is 6.07. The van der Waals surface area contributed by atoms with E-state index in [9.17, 15) is 0 Å². The van der Waals surface area contributed by atoms with Gasteiger partial charge in [0.2, 0.25) is 0 Å². The van der Waals surface area contributed by atoms with Crippen LogP contribution in [0.1, 0.15) is 46.0 Å². The molecule has 0 N–H and O–H groups in total. The highest BCUT2D eigenvalue weighted by Crippen LogP contribution is 2.47. The number of thiol groups is 1. The molecule has 0 spiro atoms. The Kier molecular flexibility index (Phi) is 3.67. The zero-order valence-corrected chi connectivity index (χ0v) is 10.9. The normalized spacial score (nSPS) is 39.0. The summed E-state index contributed by atoms with van der Waals surface area (Å²) in [5.41, 5.74) is 0.468. The average Bonchev–Trinajstić information content (AvgIpc) is 3.01. The van der Waals surface area contributed by atoms with Crippen molar-refractivity contribution in [3.63, 3.8) is 0 Å². The lowest BCUT2D eigenvalue weighted by Gasteiger charge is -2.32. The molecule has 2 saturated carbocycles. The van der Waals surface area contributed by atoms with Crippen molar-refractivity contribution in [1.82, 2.24) is 0 Å². The van der Waals surface area contributed by atoms with Gasteiger partial charge in [0.15, 0.2) is 0 Å². The van der Waals surface area contributed by atoms with Crippen molar-refractivity contribution >= 4 is 12.6 Å². The summed E-state index contributed by atoms with van der Waals surface area (Å²) in [5, 5.41) is 0. The molecule has 3 unspecified atom stereocenters. The van der Waals surface area contributed by atoms with Gasteiger partial charge in [0, 0.05) is 5.41 Å². The zero-order valence-electron chi connectivity index (χ0n) is 10.0. The molecule has 0 radical (unpaired) electrons. The van der Waals surface area contributed by atoms with Crippen LogP contribution in [0.4, 0.5) is 0 Å². The highest BCUT2D eigenvalue weighted by molar-refractivity contribution is 7.80. The minimum absolute atomic E-state index is 0.468. The monoisotopic (exact) mass is 228 g/mol. The minimum atomic E-state index is 0.468. The molecule has 15 heavy (non-hydrogen) atoms. The van der Waals surface area contributed by atoms with Gasteiger partial charge < -0.3 is 4.74 Å². The van der Waals surface area contributed by atoms with Gasteiger partial charge in [0.25, 0.3) is 0 Å². The van der Waals surface area contributed by atoms with E-state index in [0.29, 0.717) is 11.5 Å². The highest BCUT2D eigenvalue weighted by atomic mass is 32.1. The molecule has 88 valence electrons. The van der Waals surface area contributed by atoms with Crippen LogP contribution in [-0.4, -0.2) is 18.5 Å². The molecule has 3 atom stereocenters. The molecule has 0 aliphatic heterocycles. The number of hydrogen-bond acceptors (Lipinski definition) is 2. The average molecular weight is 228 g/mol. The van der Waals surface area contributed by atoms with E-state index in [1.165, 1.54) is 32.1 Å². The molecule has 2 fully saturated rings. The smallest absolute Gasteiger partial charge is 0.0578 e. The van der Waals surface area contributed by atoms with E-state index in [-0.39, 0.29) is 0 Å². The summed E-state index contributed by atoms with van der Waals surface area (Å²) >= 11 is 4.41. The van der Waals surface area contributed by atoms with Gasteiger partial charge in [0.05, 0.1) is 12.7 Å². The molecule has 0 saturated heterocycles. The Morgan fingerprint density at radius 3 is 2.47 bits per heavy atom. The SMILES string of the molecule is CC1CCC(OCC2(CS)CC2)CC1C. The van der Waals surface area contributed by atoms with Crippen LogP contribution in [0.3, 0.4) is 0 Å². The molecular formula is C13H24OS. The molecule has 0 bridgehead atoms. The first-order valence-electron chi connectivity index (χ1n) is 6.38. The summed E-state index contributed by atoms with van der Waals surface area (Å²) in [4.78, 5) is 0. The van der Waals surface area contributed by atoms with Crippen LogP contribution in [0, 0.1) is 17.3 Å². The third-order valence-electron chi connectivity index (χ3n) is 4.47. The van der Waals surface area contributed by atoms with Gasteiger partial charge in [0.1, 0.15) is 0 Å². The number of ether oxygens (including phenoxy) is 1. The van der Waals surface area contributed by atoms with Crippen LogP contribution in [0.2, 0.25) is 0 Å². The van der Waals surface area contributed by atoms with Crippen LogP contribution in [0.25, 0.3) is 0 Å². The molecule has 2 aliphatic carbocycles. The van der Waals surface area contributed by atoms with Crippen molar-refractivity contribution in [3.8, 4) is 0 Å². The van der Waals surface area contributed by atoms with E-state index in [0.717, 1.165) is 24.2 Å². The first kappa shape index (κ1) is 11.8. The molecule has 0 aromatic carbocycles. The predicted molar refractivity (Wildman–Crippen MR) is 67.4 cm³/mol. The zero-order chi connectivity index (χ0) is 10.9. The molecule has 0 aromatic rings. The Balaban J connectivity index is 1.71. The largest absolute Gasteiger partial charge is 0.378 e. The van der Waals surface area contributed by atoms with E-state index >= 15 is 0 Å². The highest BCUT2D eigenvalue weighted by Gasteiger charge is 2.42. The van der Waals surface area contributed by atoms with E-state index in [4.69, 9.17) is 4.74 Å². The Hall–Kier alpha value is 0.310. The molecule has 2 aliphatic rings. The molecular weight excluding hydrogens is 204 g/mol. The standard InChI is InChI=1S/C13H24OS/c1-10-3-4-12(7-11(10)2)14-8-13(9-15)5-6-13/h10-12,15H,3-9H2,1-2H3. The quantitative estimate of drug-likeness (QED) is 0.724. The van der Waals surface area contributed by atoms with Gasteiger partial charge in [-0.05, 0) is 49.7 Å². The van der Waals surface area contributed by atoms with Gasteiger partial charge >= 0.3 is 0 Å². The predicted octanol–water partition coefficient (Wildman–Crippen LogP) is 3.54. The third-order valence-corrected chi connectivity index (χ3v) is 5.14. The molecule has 0 aromatic heterocycles. The van der Waals surface area contributed by atoms with Gasteiger partial charge in [-0.15, -0.1) is 0 Å². The molecule has 0 amide bonds. The van der Waals surface area contributed by atoms with Gasteiger partial charge in [-0.3, -0.25) is 0 Å². The lowest BCUT2D eigenvalue weighted by Crippen LogP contribution is -2.29. The van der Waals surface area contributed by atoms with Crippen LogP contribution in [-0.2, 0) is 4.74 Å². The van der Waals surface area contributed by atoms with Crippen molar-refractivity contribution in [3.05, 3.63) is 0 Å². The Morgan fingerprint density at radius 2 is 1.93 bits per heavy atom. The maximum Gasteiger partial charge on any atom is 0.0578 e. The van der Waals surface area contributed by atoms with Crippen molar-refractivity contribution in [1.29, 1.82) is 0 Å². The van der Waals surface area contributed by atoms with Crippen molar-refractivity contribution in [2.75, 3.05) is 12.4 Å². The van der Waals surface area contributed by atoms with E-state index in [2.05, 4.69) is 26.5 Å². The Labute approximate surface area is 99.4 Å². The topological polar surface area (TPSA) is 9.23 Å². The minimum Gasteiger partial charge on any atom is -0.378 e. The van der Waals surface area contributed by atoms with Gasteiger partial charge in [-0.25, -0.2) is 0 Å². The molecule has 0 heterocycles. The number of hydrogen-bond donors (Lipinski definition) is 1. The van der Waals surface area contributed by atoms with E-state index < -0.39 is 0 Å². The second kappa shape index (κ2) is 4.67. The van der Waals surface area contributed by atoms with Crippen molar-refractivity contribution in [2.24, 2.45) is 17.3 Å². The van der Waals surface area contributed by atoms with Crippen LogP contribution in [0.5, 0.6) is 0 Å². The van der Waals surface area contributed by atoms with Crippen LogP contribution in [0.15, 0.2) is 0 Å². The van der Waals surface area contributed by atoms with E-state index in [1.54, 1.807) is 0 Å². The fraction of sp³-hybridized carbons (Fsp3) is 1.00. The van der Waals surface area contributed by atoms with Crippen molar-refractivity contribution < 1.29 is 4.74 Å².